The van der Waals surface area contributed by atoms with Crippen molar-refractivity contribution in [3.05, 3.63) is 27.8 Å². The highest BCUT2D eigenvalue weighted by Gasteiger charge is 2.12. The number of rotatable bonds is 6. The van der Waals surface area contributed by atoms with E-state index in [1.165, 1.54) is 55.3 Å². The topological polar surface area (TPSA) is 13.7 Å². The number of nitrogens with one attached hydrogen (secondary N) is 1. The molecule has 1 fully saturated rings. The van der Waals surface area contributed by atoms with Crippen LogP contribution in [0.15, 0.2) is 24.3 Å². The second kappa shape index (κ2) is 8.00. The molecule has 1 aliphatic rings. The Kier molecular flexibility index (Phi) is 6.28. The molecule has 1 N–H and O–H groups in total. The molecule has 100 valence electrons. The van der Waals surface area contributed by atoms with Gasteiger partial charge in [-0.15, -0.1) is 0 Å². The Bertz CT molecular complexity index is 333. The molecule has 18 heavy (non-hydrogen) atoms. The molecule has 0 amide bonds. The van der Waals surface area contributed by atoms with Crippen molar-refractivity contribution in [1.29, 1.82) is 0 Å². The van der Waals surface area contributed by atoms with Crippen LogP contribution >= 0.6 is 22.6 Å². The van der Waals surface area contributed by atoms with E-state index in [2.05, 4.69) is 46.9 Å². The summed E-state index contributed by atoms with van der Waals surface area (Å²) >= 11 is 2.31. The Labute approximate surface area is 124 Å². The lowest BCUT2D eigenvalue weighted by Gasteiger charge is -2.23. The smallest absolute Gasteiger partial charge is 0.119 e. The van der Waals surface area contributed by atoms with Crippen LogP contribution in [0.25, 0.3) is 0 Å². The average Bonchev–Trinajstić information content (AvgIpc) is 2.42. The largest absolute Gasteiger partial charge is 0.494 e. The van der Waals surface area contributed by atoms with Gasteiger partial charge in [0.15, 0.2) is 0 Å². The summed E-state index contributed by atoms with van der Waals surface area (Å²) in [6.45, 7) is 4.96. The molecule has 2 nitrogen and oxygen atoms in total. The van der Waals surface area contributed by atoms with Crippen LogP contribution in [-0.2, 0) is 0 Å². The van der Waals surface area contributed by atoms with Crippen molar-refractivity contribution in [2.24, 2.45) is 0 Å². The van der Waals surface area contributed by atoms with Crippen molar-refractivity contribution in [1.82, 2.24) is 0 Å². The Morgan fingerprint density at radius 2 is 1.72 bits per heavy atom. The molecule has 1 aliphatic heterocycles. The first-order valence-corrected chi connectivity index (χ1v) is 8.14. The number of halogens is 1. The lowest BCUT2D eigenvalue weighted by Crippen LogP contribution is -3.12. The summed E-state index contributed by atoms with van der Waals surface area (Å²) in [6.07, 6.45) is 6.76. The number of quaternary nitrogens is 1. The minimum Gasteiger partial charge on any atom is -0.494 e. The molecule has 0 unspecified atom stereocenters. The molecular formula is C15H23INO+. The van der Waals surface area contributed by atoms with Crippen LogP contribution in [0.4, 0.5) is 0 Å². The van der Waals surface area contributed by atoms with Crippen LogP contribution in [-0.4, -0.2) is 26.2 Å². The summed E-state index contributed by atoms with van der Waals surface area (Å²) in [5, 5.41) is 0. The molecule has 0 spiro atoms. The molecule has 0 aliphatic carbocycles. The minimum absolute atomic E-state index is 0.855. The van der Waals surface area contributed by atoms with E-state index in [0.717, 1.165) is 12.4 Å². The number of unbranched alkanes of at least 4 members (excludes halogenated alkanes) is 1. The second-order valence-corrected chi connectivity index (χ2v) is 6.32. The SMILES string of the molecule is Ic1ccc(OCCCC[NH+]2CCCCC2)cc1. The third kappa shape index (κ3) is 5.14. The van der Waals surface area contributed by atoms with Crippen molar-refractivity contribution in [2.75, 3.05) is 26.2 Å². The third-order valence-electron chi connectivity index (χ3n) is 3.57. The Hall–Kier alpha value is -0.290. The van der Waals surface area contributed by atoms with Crippen LogP contribution in [0.3, 0.4) is 0 Å². The standard InChI is InChI=1S/C15H22INO/c16-14-6-8-15(9-7-14)18-13-5-4-12-17-10-2-1-3-11-17/h6-9H,1-5,10-13H2/p+1. The molecule has 0 radical (unpaired) electrons. The summed E-state index contributed by atoms with van der Waals surface area (Å²) in [6, 6.07) is 8.29. The van der Waals surface area contributed by atoms with Gasteiger partial charge >= 0.3 is 0 Å². The third-order valence-corrected chi connectivity index (χ3v) is 4.29. The van der Waals surface area contributed by atoms with Gasteiger partial charge in [-0.1, -0.05) is 0 Å². The van der Waals surface area contributed by atoms with Crippen LogP contribution in [0.5, 0.6) is 5.75 Å². The molecule has 1 saturated heterocycles. The van der Waals surface area contributed by atoms with E-state index in [4.69, 9.17) is 4.74 Å². The van der Waals surface area contributed by atoms with Gasteiger partial charge in [0.1, 0.15) is 5.75 Å². The van der Waals surface area contributed by atoms with E-state index in [9.17, 15) is 0 Å². The van der Waals surface area contributed by atoms with Gasteiger partial charge in [0, 0.05) is 3.57 Å². The molecule has 0 saturated carbocycles. The van der Waals surface area contributed by atoms with E-state index in [-0.39, 0.29) is 0 Å². The zero-order valence-electron chi connectivity index (χ0n) is 11.0. The maximum atomic E-state index is 5.74. The quantitative estimate of drug-likeness (QED) is 0.608. The summed E-state index contributed by atoms with van der Waals surface area (Å²) in [5.74, 6) is 1.00. The zero-order chi connectivity index (χ0) is 12.6. The number of hydrogen-bond acceptors (Lipinski definition) is 1. The van der Waals surface area contributed by atoms with Gasteiger partial charge in [-0.05, 0) is 79.0 Å². The number of benzene rings is 1. The maximum absolute atomic E-state index is 5.74. The van der Waals surface area contributed by atoms with E-state index in [1.54, 1.807) is 4.90 Å². The van der Waals surface area contributed by atoms with Gasteiger partial charge in [-0.2, -0.15) is 0 Å². The first-order chi connectivity index (χ1) is 8.84. The number of likely N-dealkylation sites (tertiary alicyclic amines) is 1. The van der Waals surface area contributed by atoms with Crippen molar-refractivity contribution in [3.8, 4) is 5.75 Å². The van der Waals surface area contributed by atoms with E-state index in [0.29, 0.717) is 0 Å². The van der Waals surface area contributed by atoms with Gasteiger partial charge in [0.05, 0.1) is 26.2 Å². The van der Waals surface area contributed by atoms with Crippen LogP contribution in [0.2, 0.25) is 0 Å². The number of ether oxygens (including phenoxy) is 1. The van der Waals surface area contributed by atoms with Crippen molar-refractivity contribution < 1.29 is 9.64 Å². The minimum atomic E-state index is 0.855. The number of hydrogen-bond donors (Lipinski definition) is 1. The van der Waals surface area contributed by atoms with Crippen LogP contribution in [0, 0.1) is 3.57 Å². The highest BCUT2D eigenvalue weighted by Crippen LogP contribution is 2.13. The lowest BCUT2D eigenvalue weighted by atomic mass is 10.1. The van der Waals surface area contributed by atoms with Crippen molar-refractivity contribution >= 4 is 22.6 Å². The Morgan fingerprint density at radius 1 is 1.00 bits per heavy atom. The van der Waals surface area contributed by atoms with E-state index < -0.39 is 0 Å². The van der Waals surface area contributed by atoms with Gasteiger partial charge in [0.25, 0.3) is 0 Å². The van der Waals surface area contributed by atoms with Crippen LogP contribution in [0.1, 0.15) is 32.1 Å². The first kappa shape index (κ1) is 14.1. The molecule has 3 heteroatoms. The highest BCUT2D eigenvalue weighted by molar-refractivity contribution is 14.1. The zero-order valence-corrected chi connectivity index (χ0v) is 13.1. The Morgan fingerprint density at radius 3 is 2.44 bits per heavy atom. The molecule has 0 aromatic heterocycles. The lowest BCUT2D eigenvalue weighted by molar-refractivity contribution is -0.905. The summed E-state index contributed by atoms with van der Waals surface area (Å²) in [5.41, 5.74) is 0. The normalized spacial score (nSPS) is 16.7. The van der Waals surface area contributed by atoms with E-state index >= 15 is 0 Å². The average molecular weight is 360 g/mol. The molecule has 2 rings (SSSR count). The van der Waals surface area contributed by atoms with Gasteiger partial charge in [-0.3, -0.25) is 0 Å². The van der Waals surface area contributed by atoms with Gasteiger partial charge in [0.2, 0.25) is 0 Å². The molecule has 1 heterocycles. The molecule has 1 aromatic carbocycles. The molecule has 1 aromatic rings. The fourth-order valence-corrected chi connectivity index (χ4v) is 2.86. The van der Waals surface area contributed by atoms with Gasteiger partial charge in [-0.25, -0.2) is 0 Å². The molecule has 0 atom stereocenters. The summed E-state index contributed by atoms with van der Waals surface area (Å²) in [4.78, 5) is 1.80. The fraction of sp³-hybridized carbons (Fsp3) is 0.600. The predicted octanol–water partition coefficient (Wildman–Crippen LogP) is 2.52. The fourth-order valence-electron chi connectivity index (χ4n) is 2.50. The van der Waals surface area contributed by atoms with Crippen molar-refractivity contribution in [2.45, 2.75) is 32.1 Å². The first-order valence-electron chi connectivity index (χ1n) is 7.06. The predicted molar refractivity (Wildman–Crippen MR) is 83.3 cm³/mol. The maximum Gasteiger partial charge on any atom is 0.119 e. The van der Waals surface area contributed by atoms with E-state index in [1.807, 2.05) is 0 Å². The summed E-state index contributed by atoms with van der Waals surface area (Å²) in [7, 11) is 0. The molecular weight excluding hydrogens is 337 g/mol. The monoisotopic (exact) mass is 360 g/mol. The number of piperidine rings is 1. The summed E-state index contributed by atoms with van der Waals surface area (Å²) < 4.78 is 7.00. The second-order valence-electron chi connectivity index (χ2n) is 5.07. The van der Waals surface area contributed by atoms with Crippen molar-refractivity contribution in [3.63, 3.8) is 0 Å². The molecule has 0 bridgehead atoms. The highest BCUT2D eigenvalue weighted by atomic mass is 127. The van der Waals surface area contributed by atoms with Crippen LogP contribution < -0.4 is 9.64 Å². The Balaban J connectivity index is 1.54. The van der Waals surface area contributed by atoms with Gasteiger partial charge < -0.3 is 9.64 Å².